The number of amides is 1. The molecule has 2 heterocycles. The van der Waals surface area contributed by atoms with Crippen molar-refractivity contribution in [2.24, 2.45) is 5.92 Å². The zero-order valence-corrected chi connectivity index (χ0v) is 17.0. The number of rotatable bonds is 6. The molecule has 7 nitrogen and oxygen atoms in total. The molecule has 0 aromatic carbocycles. The van der Waals surface area contributed by atoms with E-state index in [0.717, 1.165) is 25.8 Å². The second kappa shape index (κ2) is 9.91. The fourth-order valence-corrected chi connectivity index (χ4v) is 4.54. The second-order valence-corrected chi connectivity index (χ2v) is 8.82. The van der Waals surface area contributed by atoms with Crippen molar-refractivity contribution in [3.63, 3.8) is 0 Å². The minimum absolute atomic E-state index is 0.183. The number of aliphatic hydroxyl groups excluding tert-OH is 3. The summed E-state index contributed by atoms with van der Waals surface area (Å²) in [6.07, 6.45) is -0.236. The molecule has 0 bridgehead atoms. The Kier molecular flexibility index (Phi) is 8.46. The highest BCUT2D eigenvalue weighted by Crippen LogP contribution is 2.30. The van der Waals surface area contributed by atoms with Crippen molar-refractivity contribution < 1.29 is 24.9 Å². The van der Waals surface area contributed by atoms with E-state index in [9.17, 15) is 20.1 Å². The van der Waals surface area contributed by atoms with Gasteiger partial charge in [-0.2, -0.15) is 0 Å². The topological polar surface area (TPSA) is 111 Å². The Bertz CT molecular complexity index is 470. The number of carbonyl (C=O) groups is 1. The summed E-state index contributed by atoms with van der Waals surface area (Å²) in [4.78, 5) is 12.7. The first-order valence-corrected chi connectivity index (χ1v) is 10.9. The van der Waals surface area contributed by atoms with Crippen molar-refractivity contribution in [3.8, 4) is 0 Å². The molecule has 5 N–H and O–H groups in total. The van der Waals surface area contributed by atoms with E-state index in [1.54, 1.807) is 13.2 Å². The van der Waals surface area contributed by atoms with Gasteiger partial charge in [0.2, 0.25) is 5.91 Å². The number of alkyl halides is 1. The third-order valence-electron chi connectivity index (χ3n) is 5.40. The summed E-state index contributed by atoms with van der Waals surface area (Å²) in [5.41, 5.74) is -0.703. The monoisotopic (exact) mass is 410 g/mol. The number of hydrogen-bond acceptors (Lipinski definition) is 7. The van der Waals surface area contributed by atoms with Crippen LogP contribution in [0.25, 0.3) is 0 Å². The Morgan fingerprint density at radius 1 is 1.35 bits per heavy atom. The lowest BCUT2D eigenvalue weighted by atomic mass is 9.89. The average molecular weight is 411 g/mol. The van der Waals surface area contributed by atoms with E-state index >= 15 is 0 Å². The van der Waals surface area contributed by atoms with E-state index < -0.39 is 41.3 Å². The Hall–Kier alpha value is -0.0900. The SMILES string of the molecule is CC[C@@H]1CCN[C@H](C(=O)N[C@@H](C2OC(SC)C(O)C(O)C2O)[C@@H](C)Cl)C1. The largest absolute Gasteiger partial charge is 0.388 e. The number of nitrogens with one attached hydrogen (secondary N) is 2. The van der Waals surface area contributed by atoms with Gasteiger partial charge in [0.25, 0.3) is 0 Å². The van der Waals surface area contributed by atoms with Crippen LogP contribution in [0.3, 0.4) is 0 Å². The quantitative estimate of drug-likeness (QED) is 0.393. The molecule has 2 aliphatic rings. The van der Waals surface area contributed by atoms with Crippen LogP contribution in [0.2, 0.25) is 0 Å². The van der Waals surface area contributed by atoms with Gasteiger partial charge < -0.3 is 30.7 Å². The van der Waals surface area contributed by atoms with Gasteiger partial charge in [-0.05, 0) is 38.5 Å². The van der Waals surface area contributed by atoms with E-state index in [4.69, 9.17) is 16.3 Å². The van der Waals surface area contributed by atoms with Crippen LogP contribution in [0.5, 0.6) is 0 Å². The van der Waals surface area contributed by atoms with Crippen LogP contribution < -0.4 is 10.6 Å². The van der Waals surface area contributed by atoms with Crippen molar-refractivity contribution in [3.05, 3.63) is 0 Å². The van der Waals surface area contributed by atoms with Gasteiger partial charge >= 0.3 is 0 Å². The van der Waals surface area contributed by atoms with E-state index in [-0.39, 0.29) is 11.9 Å². The van der Waals surface area contributed by atoms with E-state index in [1.165, 1.54) is 11.8 Å². The van der Waals surface area contributed by atoms with Crippen molar-refractivity contribution in [1.29, 1.82) is 0 Å². The summed E-state index contributed by atoms with van der Waals surface area (Å²) >= 11 is 7.51. The minimum Gasteiger partial charge on any atom is -0.388 e. The van der Waals surface area contributed by atoms with Crippen molar-refractivity contribution in [1.82, 2.24) is 10.6 Å². The lowest BCUT2D eigenvalue weighted by Gasteiger charge is -2.44. The molecule has 0 aliphatic carbocycles. The van der Waals surface area contributed by atoms with Gasteiger partial charge in [0.05, 0.1) is 17.5 Å². The molecule has 2 saturated heterocycles. The summed E-state index contributed by atoms with van der Waals surface area (Å²) in [6, 6.07) is -1.00. The molecule has 0 aromatic rings. The first-order valence-electron chi connectivity index (χ1n) is 9.20. The molecule has 0 spiro atoms. The standard InChI is InChI=1S/C17H31ClN2O5S/c1-4-9-5-6-19-10(7-9)16(24)20-11(8(2)18)15-13(22)12(21)14(23)17(25-15)26-3/h8-15,17,19,21-23H,4-7H2,1-3H3,(H,20,24)/t8-,9-,10+,11-,12?,13?,14?,15?,17?/m1/s1. The zero-order valence-electron chi connectivity index (χ0n) is 15.5. The van der Waals surface area contributed by atoms with E-state index in [0.29, 0.717) is 5.92 Å². The van der Waals surface area contributed by atoms with E-state index in [1.807, 2.05) is 0 Å². The van der Waals surface area contributed by atoms with Gasteiger partial charge in [-0.15, -0.1) is 23.4 Å². The Labute approximate surface area is 164 Å². The highest BCUT2D eigenvalue weighted by molar-refractivity contribution is 7.99. The zero-order chi connectivity index (χ0) is 19.4. The molecule has 9 atom stereocenters. The Balaban J connectivity index is 2.09. The van der Waals surface area contributed by atoms with Crippen LogP contribution in [-0.2, 0) is 9.53 Å². The van der Waals surface area contributed by atoms with Crippen LogP contribution in [0.4, 0.5) is 0 Å². The second-order valence-electron chi connectivity index (χ2n) is 7.19. The molecule has 5 unspecified atom stereocenters. The summed E-state index contributed by atoms with van der Waals surface area (Å²) in [5, 5.41) is 36.1. The molecule has 0 saturated carbocycles. The predicted octanol–water partition coefficient (Wildman–Crippen LogP) is 0.0473. The lowest BCUT2D eigenvalue weighted by Crippen LogP contribution is -2.65. The first-order chi connectivity index (χ1) is 12.3. The number of halogens is 1. The van der Waals surface area contributed by atoms with Crippen molar-refractivity contribution in [2.75, 3.05) is 12.8 Å². The van der Waals surface area contributed by atoms with Gasteiger partial charge in [0.15, 0.2) is 0 Å². The molecular weight excluding hydrogens is 380 g/mol. The predicted molar refractivity (Wildman–Crippen MR) is 102 cm³/mol. The maximum absolute atomic E-state index is 12.7. The van der Waals surface area contributed by atoms with Gasteiger partial charge in [-0.1, -0.05) is 13.3 Å². The van der Waals surface area contributed by atoms with Crippen molar-refractivity contribution >= 4 is 29.3 Å². The molecule has 0 radical (unpaired) electrons. The minimum atomic E-state index is -1.36. The van der Waals surface area contributed by atoms with Gasteiger partial charge in [0.1, 0.15) is 29.9 Å². The highest BCUT2D eigenvalue weighted by atomic mass is 35.5. The number of piperidine rings is 1. The lowest BCUT2D eigenvalue weighted by molar-refractivity contribution is -0.205. The molecule has 152 valence electrons. The Morgan fingerprint density at radius 3 is 2.62 bits per heavy atom. The maximum atomic E-state index is 12.7. The smallest absolute Gasteiger partial charge is 0.237 e. The third-order valence-corrected chi connectivity index (χ3v) is 6.53. The summed E-state index contributed by atoms with van der Waals surface area (Å²) in [7, 11) is 0. The normalized spacial score (nSPS) is 40.7. The summed E-state index contributed by atoms with van der Waals surface area (Å²) < 4.78 is 5.77. The molecule has 0 aromatic heterocycles. The van der Waals surface area contributed by atoms with Crippen LogP contribution in [0.1, 0.15) is 33.1 Å². The van der Waals surface area contributed by atoms with Crippen LogP contribution in [0.15, 0.2) is 0 Å². The molecule has 9 heteroatoms. The summed E-state index contributed by atoms with van der Waals surface area (Å²) in [6.45, 7) is 4.62. The van der Waals surface area contributed by atoms with E-state index in [2.05, 4.69) is 17.6 Å². The summed E-state index contributed by atoms with van der Waals surface area (Å²) in [5.74, 6) is 0.325. The molecule has 2 fully saturated rings. The Morgan fingerprint density at radius 2 is 2.04 bits per heavy atom. The van der Waals surface area contributed by atoms with Gasteiger partial charge in [-0.3, -0.25) is 4.79 Å². The number of hydrogen-bond donors (Lipinski definition) is 5. The van der Waals surface area contributed by atoms with Crippen LogP contribution in [-0.4, -0.2) is 81.3 Å². The van der Waals surface area contributed by atoms with Crippen molar-refractivity contribution in [2.45, 2.75) is 80.4 Å². The molecule has 1 amide bonds. The average Bonchev–Trinajstić information content (AvgIpc) is 2.64. The molecule has 2 rings (SSSR count). The molecular formula is C17H31ClN2O5S. The number of carbonyl (C=O) groups excluding carboxylic acids is 1. The third kappa shape index (κ3) is 5.04. The maximum Gasteiger partial charge on any atom is 0.237 e. The fourth-order valence-electron chi connectivity index (χ4n) is 3.66. The van der Waals surface area contributed by atoms with Crippen LogP contribution >= 0.6 is 23.4 Å². The number of aliphatic hydroxyl groups is 3. The van der Waals surface area contributed by atoms with Crippen LogP contribution in [0, 0.1) is 5.92 Å². The van der Waals surface area contributed by atoms with Gasteiger partial charge in [-0.25, -0.2) is 0 Å². The van der Waals surface area contributed by atoms with Gasteiger partial charge in [0, 0.05) is 0 Å². The number of ether oxygens (including phenoxy) is 1. The highest BCUT2D eigenvalue weighted by Gasteiger charge is 2.48. The first kappa shape index (κ1) is 22.2. The fraction of sp³-hybridized carbons (Fsp3) is 0.941. The number of thioether (sulfide) groups is 1. The molecule has 26 heavy (non-hydrogen) atoms. The molecule has 2 aliphatic heterocycles.